The van der Waals surface area contributed by atoms with Crippen LogP contribution >= 0.6 is 0 Å². The number of aliphatic hydroxyl groups excluding tert-OH is 1. The van der Waals surface area contributed by atoms with Gasteiger partial charge in [0.1, 0.15) is 6.61 Å². The first kappa shape index (κ1) is 13.8. The Balaban J connectivity index is 2.89. The van der Waals surface area contributed by atoms with E-state index in [2.05, 4.69) is 4.72 Å². The van der Waals surface area contributed by atoms with Crippen molar-refractivity contribution in [2.24, 2.45) is 0 Å². The fourth-order valence-corrected chi connectivity index (χ4v) is 2.45. The smallest absolute Gasteiger partial charge is 0.241 e. The molecule has 17 heavy (non-hydrogen) atoms. The summed E-state index contributed by atoms with van der Waals surface area (Å²) in [6.07, 6.45) is 0. The lowest BCUT2D eigenvalue weighted by Gasteiger charge is -2.12. The van der Waals surface area contributed by atoms with Crippen LogP contribution in [0.25, 0.3) is 0 Å². The zero-order valence-electron chi connectivity index (χ0n) is 9.67. The van der Waals surface area contributed by atoms with Gasteiger partial charge in [0.25, 0.3) is 0 Å². The summed E-state index contributed by atoms with van der Waals surface area (Å²) in [6, 6.07) is 5.34. The number of nitrogens with one attached hydrogen (secondary N) is 1. The van der Waals surface area contributed by atoms with E-state index in [1.807, 2.05) is 6.92 Å². The molecular formula is C11H15NO4S. The van der Waals surface area contributed by atoms with Crippen molar-refractivity contribution >= 4 is 15.8 Å². The summed E-state index contributed by atoms with van der Waals surface area (Å²) in [7, 11) is -3.71. The fourth-order valence-electron chi connectivity index (χ4n) is 1.22. The van der Waals surface area contributed by atoms with E-state index in [1.165, 1.54) is 19.1 Å². The molecule has 0 saturated heterocycles. The van der Waals surface area contributed by atoms with E-state index in [4.69, 9.17) is 5.11 Å². The largest absolute Gasteiger partial charge is 0.389 e. The summed E-state index contributed by atoms with van der Waals surface area (Å²) in [5.74, 6) is -0.569. The zero-order valence-corrected chi connectivity index (χ0v) is 10.5. The second-order valence-electron chi connectivity index (χ2n) is 3.78. The summed E-state index contributed by atoms with van der Waals surface area (Å²) >= 11 is 0. The quantitative estimate of drug-likeness (QED) is 0.790. The van der Waals surface area contributed by atoms with E-state index in [-0.39, 0.29) is 4.90 Å². The average Bonchev–Trinajstić information content (AvgIpc) is 2.27. The van der Waals surface area contributed by atoms with Crippen molar-refractivity contribution in [1.82, 2.24) is 4.72 Å². The lowest BCUT2D eigenvalue weighted by atomic mass is 10.2. The van der Waals surface area contributed by atoms with E-state index >= 15 is 0 Å². The number of hydrogen-bond donors (Lipinski definition) is 2. The Bertz CT molecular complexity index is 493. The number of hydrogen-bond acceptors (Lipinski definition) is 4. The Hall–Kier alpha value is -1.24. The van der Waals surface area contributed by atoms with Gasteiger partial charge < -0.3 is 5.11 Å². The van der Waals surface area contributed by atoms with E-state index in [1.54, 1.807) is 12.1 Å². The van der Waals surface area contributed by atoms with Gasteiger partial charge in [0.2, 0.25) is 10.0 Å². The van der Waals surface area contributed by atoms with Crippen molar-refractivity contribution in [3.05, 3.63) is 29.8 Å². The van der Waals surface area contributed by atoms with Crippen LogP contribution in [0, 0.1) is 6.92 Å². The molecule has 0 aromatic heterocycles. The Morgan fingerprint density at radius 3 is 2.35 bits per heavy atom. The lowest BCUT2D eigenvalue weighted by molar-refractivity contribution is -0.122. The molecule has 2 N–H and O–H groups in total. The van der Waals surface area contributed by atoms with Crippen LogP contribution in [-0.2, 0) is 14.8 Å². The van der Waals surface area contributed by atoms with Crippen LogP contribution in [0.2, 0.25) is 0 Å². The summed E-state index contributed by atoms with van der Waals surface area (Å²) < 4.78 is 25.9. The van der Waals surface area contributed by atoms with Gasteiger partial charge in [-0.3, -0.25) is 4.79 Å². The van der Waals surface area contributed by atoms with Crippen LogP contribution in [0.3, 0.4) is 0 Å². The Labute approximate surface area is 101 Å². The molecule has 5 nitrogen and oxygen atoms in total. The number of rotatable bonds is 5. The summed E-state index contributed by atoms with van der Waals surface area (Å²) in [4.78, 5) is 11.2. The molecule has 0 fully saturated rings. The Kier molecular flexibility index (Phi) is 4.39. The van der Waals surface area contributed by atoms with Gasteiger partial charge in [-0.15, -0.1) is 0 Å². The van der Waals surface area contributed by atoms with Gasteiger partial charge in [0.15, 0.2) is 5.78 Å². The molecule has 0 saturated carbocycles. The summed E-state index contributed by atoms with van der Waals surface area (Å²) in [6.45, 7) is 2.56. The second kappa shape index (κ2) is 5.39. The molecule has 1 aromatic rings. The van der Waals surface area contributed by atoms with Crippen LogP contribution in [0.4, 0.5) is 0 Å². The van der Waals surface area contributed by atoms with E-state index in [0.29, 0.717) is 0 Å². The van der Waals surface area contributed by atoms with Crippen LogP contribution in [-0.4, -0.2) is 32.0 Å². The van der Waals surface area contributed by atoms with Gasteiger partial charge in [-0.2, -0.15) is 0 Å². The number of sulfonamides is 1. The average molecular weight is 257 g/mol. The SMILES string of the molecule is Cc1ccc(S(=O)(=O)N[C@H](C)C(=O)CO)cc1. The fraction of sp³-hybridized carbons (Fsp3) is 0.364. The van der Waals surface area contributed by atoms with Crippen LogP contribution in [0.15, 0.2) is 29.2 Å². The molecule has 1 rings (SSSR count). The highest BCUT2D eigenvalue weighted by molar-refractivity contribution is 7.89. The van der Waals surface area contributed by atoms with Gasteiger partial charge in [0, 0.05) is 0 Å². The number of carbonyl (C=O) groups excluding carboxylic acids is 1. The van der Waals surface area contributed by atoms with Crippen molar-refractivity contribution in [3.63, 3.8) is 0 Å². The van der Waals surface area contributed by atoms with Gasteiger partial charge in [0.05, 0.1) is 10.9 Å². The monoisotopic (exact) mass is 257 g/mol. The topological polar surface area (TPSA) is 83.5 Å². The Morgan fingerprint density at radius 2 is 1.88 bits per heavy atom. The first-order chi connectivity index (χ1) is 7.86. The summed E-state index contributed by atoms with van der Waals surface area (Å²) in [5, 5.41) is 8.62. The molecule has 0 radical (unpaired) electrons. The van der Waals surface area contributed by atoms with Crippen molar-refractivity contribution in [1.29, 1.82) is 0 Å². The highest BCUT2D eigenvalue weighted by Crippen LogP contribution is 2.10. The molecule has 0 spiro atoms. The van der Waals surface area contributed by atoms with Gasteiger partial charge in [-0.25, -0.2) is 13.1 Å². The summed E-state index contributed by atoms with van der Waals surface area (Å²) in [5.41, 5.74) is 0.948. The van der Waals surface area contributed by atoms with Crippen molar-refractivity contribution in [2.75, 3.05) is 6.61 Å². The number of carbonyl (C=O) groups is 1. The molecule has 0 aliphatic carbocycles. The first-order valence-electron chi connectivity index (χ1n) is 5.09. The molecule has 0 heterocycles. The van der Waals surface area contributed by atoms with Crippen LogP contribution in [0.1, 0.15) is 12.5 Å². The number of Topliss-reactive ketones (excluding diaryl/α,β-unsaturated/α-hetero) is 1. The molecular weight excluding hydrogens is 242 g/mol. The minimum atomic E-state index is -3.71. The zero-order chi connectivity index (χ0) is 13.1. The maximum absolute atomic E-state index is 11.8. The number of aliphatic hydroxyl groups is 1. The second-order valence-corrected chi connectivity index (χ2v) is 5.49. The highest BCUT2D eigenvalue weighted by atomic mass is 32.2. The molecule has 6 heteroatoms. The van der Waals surface area contributed by atoms with E-state index in [0.717, 1.165) is 5.56 Å². The minimum Gasteiger partial charge on any atom is -0.389 e. The van der Waals surface area contributed by atoms with Crippen LogP contribution < -0.4 is 4.72 Å². The molecule has 1 atom stereocenters. The Morgan fingerprint density at radius 1 is 1.35 bits per heavy atom. The molecule has 0 unspecified atom stereocenters. The number of benzene rings is 1. The molecule has 0 bridgehead atoms. The normalized spacial score (nSPS) is 13.4. The maximum Gasteiger partial charge on any atom is 0.241 e. The maximum atomic E-state index is 11.8. The van der Waals surface area contributed by atoms with Crippen molar-refractivity contribution < 1.29 is 18.3 Å². The third kappa shape index (κ3) is 3.62. The van der Waals surface area contributed by atoms with Crippen molar-refractivity contribution in [2.45, 2.75) is 24.8 Å². The predicted molar refractivity (Wildman–Crippen MR) is 63.1 cm³/mol. The number of ketones is 1. The molecule has 0 aliphatic rings. The molecule has 94 valence electrons. The molecule has 0 aliphatic heterocycles. The molecule has 1 aromatic carbocycles. The lowest BCUT2D eigenvalue weighted by Crippen LogP contribution is -2.39. The van der Waals surface area contributed by atoms with E-state index < -0.39 is 28.5 Å². The van der Waals surface area contributed by atoms with Gasteiger partial charge >= 0.3 is 0 Å². The highest BCUT2D eigenvalue weighted by Gasteiger charge is 2.20. The van der Waals surface area contributed by atoms with Gasteiger partial charge in [-0.05, 0) is 26.0 Å². The van der Waals surface area contributed by atoms with E-state index in [9.17, 15) is 13.2 Å². The first-order valence-corrected chi connectivity index (χ1v) is 6.57. The minimum absolute atomic E-state index is 0.0979. The third-order valence-electron chi connectivity index (χ3n) is 2.30. The third-order valence-corrected chi connectivity index (χ3v) is 3.86. The number of aryl methyl sites for hydroxylation is 1. The van der Waals surface area contributed by atoms with Gasteiger partial charge in [-0.1, -0.05) is 17.7 Å². The molecule has 0 amide bonds. The van der Waals surface area contributed by atoms with Crippen LogP contribution in [0.5, 0.6) is 0 Å². The van der Waals surface area contributed by atoms with Crippen molar-refractivity contribution in [3.8, 4) is 0 Å². The standard InChI is InChI=1S/C11H15NO4S/c1-8-3-5-10(6-4-8)17(15,16)12-9(2)11(14)7-13/h3-6,9,12-13H,7H2,1-2H3/t9-/m1/s1. The predicted octanol–water partition coefficient (Wildman–Crippen LogP) is 0.223.